The van der Waals surface area contributed by atoms with Crippen molar-refractivity contribution in [2.45, 2.75) is 0 Å². The summed E-state index contributed by atoms with van der Waals surface area (Å²) in [5, 5.41) is 1.57. The maximum absolute atomic E-state index is 12.6. The second-order valence-electron chi connectivity index (χ2n) is 6.12. The number of methoxy groups -OCH3 is 1. The molecular weight excluding hydrogens is 370 g/mol. The molecule has 2 aromatic carbocycles. The number of benzene rings is 2. The molecule has 3 aromatic rings. The van der Waals surface area contributed by atoms with Crippen molar-refractivity contribution < 1.29 is 9.53 Å². The molecule has 134 valence electrons. The summed E-state index contributed by atoms with van der Waals surface area (Å²) in [4.78, 5) is 21.5. The second kappa shape index (κ2) is 7.13. The number of hydrogen-bond acceptors (Lipinski definition) is 5. The Hall–Kier alpha value is -2.31. The fraction of sp³-hybridized carbons (Fsp3) is 0.263. The first-order valence-electron chi connectivity index (χ1n) is 8.38. The van der Waals surface area contributed by atoms with Gasteiger partial charge in [-0.05, 0) is 36.4 Å². The molecule has 2 heterocycles. The lowest BCUT2D eigenvalue weighted by atomic mass is 10.2. The summed E-state index contributed by atoms with van der Waals surface area (Å²) < 4.78 is 6.39. The molecule has 1 aliphatic heterocycles. The van der Waals surface area contributed by atoms with Gasteiger partial charge in [0.05, 0.1) is 17.3 Å². The third-order valence-corrected chi connectivity index (χ3v) is 5.81. The van der Waals surface area contributed by atoms with Gasteiger partial charge in [-0.2, -0.15) is 0 Å². The molecule has 7 heteroatoms. The molecule has 0 aliphatic carbocycles. The van der Waals surface area contributed by atoms with Crippen molar-refractivity contribution in [1.82, 2.24) is 9.88 Å². The molecule has 0 unspecified atom stereocenters. The maximum Gasteiger partial charge on any atom is 0.254 e. The van der Waals surface area contributed by atoms with Crippen LogP contribution in [0.5, 0.6) is 5.75 Å². The first-order chi connectivity index (χ1) is 12.6. The van der Waals surface area contributed by atoms with E-state index in [1.165, 1.54) is 0 Å². The van der Waals surface area contributed by atoms with Gasteiger partial charge in [0.15, 0.2) is 5.13 Å². The van der Waals surface area contributed by atoms with E-state index in [1.54, 1.807) is 36.6 Å². The van der Waals surface area contributed by atoms with Gasteiger partial charge in [0.25, 0.3) is 5.91 Å². The molecule has 0 saturated carbocycles. The number of nitrogens with zero attached hydrogens (tertiary/aromatic N) is 3. The van der Waals surface area contributed by atoms with E-state index in [2.05, 4.69) is 4.90 Å². The van der Waals surface area contributed by atoms with Gasteiger partial charge in [0.2, 0.25) is 0 Å². The van der Waals surface area contributed by atoms with Crippen molar-refractivity contribution in [3.8, 4) is 5.75 Å². The normalized spacial score (nSPS) is 14.7. The van der Waals surface area contributed by atoms with Gasteiger partial charge in [0.1, 0.15) is 5.75 Å². The Morgan fingerprint density at radius 2 is 1.96 bits per heavy atom. The van der Waals surface area contributed by atoms with Crippen LogP contribution in [-0.2, 0) is 0 Å². The predicted octanol–water partition coefficient (Wildman–Crippen LogP) is 3.92. The lowest BCUT2D eigenvalue weighted by Gasteiger charge is -2.34. The second-order valence-corrected chi connectivity index (χ2v) is 7.57. The van der Waals surface area contributed by atoms with E-state index in [0.29, 0.717) is 23.7 Å². The number of halogens is 1. The van der Waals surface area contributed by atoms with Crippen LogP contribution >= 0.6 is 22.9 Å². The number of fused-ring (bicyclic) bond motifs is 1. The largest absolute Gasteiger partial charge is 0.497 e. The lowest BCUT2D eigenvalue weighted by molar-refractivity contribution is 0.0747. The van der Waals surface area contributed by atoms with Gasteiger partial charge in [-0.15, -0.1) is 0 Å². The van der Waals surface area contributed by atoms with E-state index in [0.717, 1.165) is 34.2 Å². The van der Waals surface area contributed by atoms with Crippen LogP contribution in [-0.4, -0.2) is 49.1 Å². The number of thiazole rings is 1. The van der Waals surface area contributed by atoms with Gasteiger partial charge in [-0.3, -0.25) is 4.79 Å². The number of anilines is 1. The summed E-state index contributed by atoms with van der Waals surface area (Å²) in [6, 6.07) is 13.0. The summed E-state index contributed by atoms with van der Waals surface area (Å²) >= 11 is 7.65. The summed E-state index contributed by atoms with van der Waals surface area (Å²) in [6.07, 6.45) is 0. The fourth-order valence-electron chi connectivity index (χ4n) is 3.06. The molecule has 0 N–H and O–H groups in total. The van der Waals surface area contributed by atoms with Gasteiger partial charge in [-0.25, -0.2) is 4.98 Å². The maximum atomic E-state index is 12.6. The van der Waals surface area contributed by atoms with Gasteiger partial charge in [-0.1, -0.05) is 29.0 Å². The number of ether oxygens (including phenoxy) is 1. The lowest BCUT2D eigenvalue weighted by Crippen LogP contribution is -2.48. The summed E-state index contributed by atoms with van der Waals surface area (Å²) in [7, 11) is 1.67. The minimum absolute atomic E-state index is 0.0289. The highest BCUT2D eigenvalue weighted by Crippen LogP contribution is 2.32. The highest BCUT2D eigenvalue weighted by molar-refractivity contribution is 7.22. The molecule has 1 aliphatic rings. The van der Waals surface area contributed by atoms with Crippen LogP contribution in [0.15, 0.2) is 42.5 Å². The van der Waals surface area contributed by atoms with Crippen LogP contribution in [0.25, 0.3) is 10.2 Å². The Morgan fingerprint density at radius 1 is 1.15 bits per heavy atom. The molecule has 5 nitrogen and oxygen atoms in total. The van der Waals surface area contributed by atoms with Crippen molar-refractivity contribution >= 4 is 44.2 Å². The number of carbonyl (C=O) groups excluding carboxylic acids is 1. The van der Waals surface area contributed by atoms with Crippen LogP contribution in [0.4, 0.5) is 5.13 Å². The quantitative estimate of drug-likeness (QED) is 0.683. The zero-order chi connectivity index (χ0) is 18.1. The van der Waals surface area contributed by atoms with E-state index in [4.69, 9.17) is 21.3 Å². The van der Waals surface area contributed by atoms with E-state index in [1.807, 2.05) is 29.2 Å². The molecule has 1 amide bonds. The number of rotatable bonds is 3. The zero-order valence-electron chi connectivity index (χ0n) is 14.3. The molecule has 0 bridgehead atoms. The van der Waals surface area contributed by atoms with Crippen molar-refractivity contribution in [3.63, 3.8) is 0 Å². The molecule has 1 saturated heterocycles. The van der Waals surface area contributed by atoms with Crippen molar-refractivity contribution in [2.24, 2.45) is 0 Å². The molecular formula is C19H18ClN3O2S. The highest BCUT2D eigenvalue weighted by Gasteiger charge is 2.24. The van der Waals surface area contributed by atoms with E-state index in [9.17, 15) is 4.79 Å². The van der Waals surface area contributed by atoms with Crippen LogP contribution in [0.2, 0.25) is 5.02 Å². The fourth-order valence-corrected chi connectivity index (χ4v) is 4.30. The first kappa shape index (κ1) is 17.1. The minimum atomic E-state index is 0.0289. The Morgan fingerprint density at radius 3 is 2.69 bits per heavy atom. The SMILES string of the molecule is COc1ccc2nc(N3CCN(C(=O)c4cccc(Cl)c4)CC3)sc2c1. The minimum Gasteiger partial charge on any atom is -0.497 e. The first-order valence-corrected chi connectivity index (χ1v) is 9.58. The van der Waals surface area contributed by atoms with Crippen LogP contribution in [0.3, 0.4) is 0 Å². The van der Waals surface area contributed by atoms with E-state index < -0.39 is 0 Å². The Bertz CT molecular complexity index is 951. The van der Waals surface area contributed by atoms with Crippen LogP contribution in [0, 0.1) is 0 Å². The molecule has 0 spiro atoms. The zero-order valence-corrected chi connectivity index (χ0v) is 15.9. The Kier molecular flexibility index (Phi) is 4.70. The molecule has 1 aromatic heterocycles. The Labute approximate surface area is 160 Å². The van der Waals surface area contributed by atoms with Crippen LogP contribution < -0.4 is 9.64 Å². The smallest absolute Gasteiger partial charge is 0.254 e. The Balaban J connectivity index is 1.45. The topological polar surface area (TPSA) is 45.7 Å². The number of piperazine rings is 1. The monoisotopic (exact) mass is 387 g/mol. The highest BCUT2D eigenvalue weighted by atomic mass is 35.5. The van der Waals surface area contributed by atoms with Crippen molar-refractivity contribution in [2.75, 3.05) is 38.2 Å². The average molecular weight is 388 g/mol. The molecule has 1 fully saturated rings. The van der Waals surface area contributed by atoms with Crippen molar-refractivity contribution in [1.29, 1.82) is 0 Å². The number of aromatic nitrogens is 1. The summed E-state index contributed by atoms with van der Waals surface area (Å²) in [5.74, 6) is 0.867. The van der Waals surface area contributed by atoms with Gasteiger partial charge < -0.3 is 14.5 Å². The molecule has 0 atom stereocenters. The molecule has 0 radical (unpaired) electrons. The van der Waals surface area contributed by atoms with Gasteiger partial charge in [0, 0.05) is 36.8 Å². The number of hydrogen-bond donors (Lipinski definition) is 0. The molecule has 26 heavy (non-hydrogen) atoms. The summed E-state index contributed by atoms with van der Waals surface area (Å²) in [5.41, 5.74) is 1.61. The number of carbonyl (C=O) groups is 1. The predicted molar refractivity (Wildman–Crippen MR) is 106 cm³/mol. The standard InChI is InChI=1S/C19H18ClN3O2S/c1-25-15-5-6-16-17(12-15)26-19(21-16)23-9-7-22(8-10-23)18(24)13-3-2-4-14(20)11-13/h2-6,11-12H,7-10H2,1H3. The van der Waals surface area contributed by atoms with Gasteiger partial charge >= 0.3 is 0 Å². The van der Waals surface area contributed by atoms with Crippen molar-refractivity contribution in [3.05, 3.63) is 53.1 Å². The number of amides is 1. The summed E-state index contributed by atoms with van der Waals surface area (Å²) in [6.45, 7) is 2.88. The third-order valence-electron chi connectivity index (χ3n) is 4.49. The average Bonchev–Trinajstić information content (AvgIpc) is 3.10. The third kappa shape index (κ3) is 3.34. The van der Waals surface area contributed by atoms with Crippen LogP contribution in [0.1, 0.15) is 10.4 Å². The van der Waals surface area contributed by atoms with E-state index in [-0.39, 0.29) is 5.91 Å². The van der Waals surface area contributed by atoms with E-state index >= 15 is 0 Å². The molecule has 4 rings (SSSR count).